The number of nitrogens with zero attached hydrogens (tertiary/aromatic N) is 1. The van der Waals surface area contributed by atoms with Gasteiger partial charge in [-0.3, -0.25) is 9.59 Å². The highest BCUT2D eigenvalue weighted by atomic mass is 16.4. The van der Waals surface area contributed by atoms with Gasteiger partial charge in [0.05, 0.1) is 5.41 Å². The van der Waals surface area contributed by atoms with Crippen molar-refractivity contribution in [2.75, 3.05) is 13.1 Å². The summed E-state index contributed by atoms with van der Waals surface area (Å²) in [5.41, 5.74) is 5.28. The lowest BCUT2D eigenvalue weighted by Crippen LogP contribution is -2.48. The van der Waals surface area contributed by atoms with E-state index in [-0.39, 0.29) is 17.9 Å². The van der Waals surface area contributed by atoms with E-state index in [2.05, 4.69) is 0 Å². The lowest BCUT2D eigenvalue weighted by Gasteiger charge is -2.40. The summed E-state index contributed by atoms with van der Waals surface area (Å²) in [5, 5.41) is 9.51. The van der Waals surface area contributed by atoms with Gasteiger partial charge in [0.2, 0.25) is 5.91 Å². The molecule has 2 aliphatic rings. The highest BCUT2D eigenvalue weighted by Gasteiger charge is 2.42. The molecule has 0 aromatic rings. The van der Waals surface area contributed by atoms with E-state index < -0.39 is 11.4 Å². The number of nitrogens with two attached hydrogens (primary N) is 1. The van der Waals surface area contributed by atoms with Crippen LogP contribution in [0, 0.1) is 11.3 Å². The fourth-order valence-corrected chi connectivity index (χ4v) is 3.83. The highest BCUT2D eigenvalue weighted by molar-refractivity contribution is 5.80. The summed E-state index contributed by atoms with van der Waals surface area (Å²) < 4.78 is 0. The predicted molar refractivity (Wildman–Crippen MR) is 80.7 cm³/mol. The minimum Gasteiger partial charge on any atom is -0.481 e. The van der Waals surface area contributed by atoms with Crippen molar-refractivity contribution in [2.45, 2.75) is 64.3 Å². The van der Waals surface area contributed by atoms with Crippen molar-refractivity contribution in [1.82, 2.24) is 4.90 Å². The molecule has 1 saturated heterocycles. The first-order chi connectivity index (χ1) is 9.98. The van der Waals surface area contributed by atoms with Crippen LogP contribution in [0.3, 0.4) is 0 Å². The van der Waals surface area contributed by atoms with Gasteiger partial charge in [-0.1, -0.05) is 13.3 Å². The number of hydrogen-bond donors (Lipinski definition) is 2. The molecule has 0 radical (unpaired) electrons. The largest absolute Gasteiger partial charge is 0.481 e. The number of aliphatic carboxylic acids is 1. The summed E-state index contributed by atoms with van der Waals surface area (Å²) in [6, 6.07) is 0.250. The molecule has 0 aromatic carbocycles. The van der Waals surface area contributed by atoms with E-state index >= 15 is 0 Å². The van der Waals surface area contributed by atoms with Crippen LogP contribution in [-0.4, -0.2) is 41.0 Å². The molecule has 1 aliphatic carbocycles. The maximum absolute atomic E-state index is 12.5. The molecule has 0 unspecified atom stereocenters. The van der Waals surface area contributed by atoms with E-state index in [1.165, 1.54) is 0 Å². The van der Waals surface area contributed by atoms with E-state index in [0.717, 1.165) is 32.1 Å². The molecule has 2 rings (SSSR count). The lowest BCUT2D eigenvalue weighted by molar-refractivity contribution is -0.156. The van der Waals surface area contributed by atoms with E-state index in [0.29, 0.717) is 32.4 Å². The van der Waals surface area contributed by atoms with Crippen LogP contribution in [-0.2, 0) is 9.59 Å². The van der Waals surface area contributed by atoms with Gasteiger partial charge >= 0.3 is 5.97 Å². The minimum atomic E-state index is -0.694. The van der Waals surface area contributed by atoms with Gasteiger partial charge in [0.1, 0.15) is 0 Å². The van der Waals surface area contributed by atoms with E-state index in [4.69, 9.17) is 5.73 Å². The van der Waals surface area contributed by atoms with Crippen molar-refractivity contribution in [3.63, 3.8) is 0 Å². The second-order valence-electron chi connectivity index (χ2n) is 6.77. The summed E-state index contributed by atoms with van der Waals surface area (Å²) in [7, 11) is 0. The number of carbonyl (C=O) groups is 2. The molecule has 21 heavy (non-hydrogen) atoms. The Labute approximate surface area is 126 Å². The monoisotopic (exact) mass is 296 g/mol. The van der Waals surface area contributed by atoms with Crippen LogP contribution in [0.1, 0.15) is 58.3 Å². The van der Waals surface area contributed by atoms with Gasteiger partial charge < -0.3 is 15.7 Å². The maximum Gasteiger partial charge on any atom is 0.309 e. The van der Waals surface area contributed by atoms with Gasteiger partial charge in [0, 0.05) is 25.0 Å². The Hall–Kier alpha value is -1.10. The number of carboxylic acid groups (broad SMARTS) is 1. The molecule has 0 aromatic heterocycles. The van der Waals surface area contributed by atoms with Crippen LogP contribution in [0.25, 0.3) is 0 Å². The Morgan fingerprint density at radius 3 is 2.24 bits per heavy atom. The Kier molecular flexibility index (Phi) is 5.25. The number of rotatable bonds is 4. The van der Waals surface area contributed by atoms with Crippen molar-refractivity contribution < 1.29 is 14.7 Å². The summed E-state index contributed by atoms with van der Waals surface area (Å²) in [6.07, 6.45) is 6.40. The van der Waals surface area contributed by atoms with Crippen LogP contribution < -0.4 is 5.73 Å². The number of likely N-dealkylation sites (tertiary alicyclic amines) is 1. The van der Waals surface area contributed by atoms with Gasteiger partial charge in [-0.25, -0.2) is 0 Å². The maximum atomic E-state index is 12.5. The second kappa shape index (κ2) is 6.77. The van der Waals surface area contributed by atoms with Crippen molar-refractivity contribution in [3.05, 3.63) is 0 Å². The SMILES string of the molecule is CCCC1(C(=O)O)CCN(C(=O)C2CCC(N)CC2)CC1. The Morgan fingerprint density at radius 1 is 1.19 bits per heavy atom. The molecule has 1 aliphatic heterocycles. The molecular formula is C16H28N2O3. The van der Waals surface area contributed by atoms with E-state index in [1.54, 1.807) is 0 Å². The molecule has 1 amide bonds. The van der Waals surface area contributed by atoms with E-state index in [1.807, 2.05) is 11.8 Å². The molecule has 2 fully saturated rings. The first kappa shape index (κ1) is 16.3. The number of carbonyl (C=O) groups excluding carboxylic acids is 1. The molecule has 5 nitrogen and oxygen atoms in total. The zero-order valence-electron chi connectivity index (χ0n) is 13.0. The number of carboxylic acids is 1. The minimum absolute atomic E-state index is 0.105. The second-order valence-corrected chi connectivity index (χ2v) is 6.77. The molecular weight excluding hydrogens is 268 g/mol. The Morgan fingerprint density at radius 2 is 1.76 bits per heavy atom. The third kappa shape index (κ3) is 3.57. The predicted octanol–water partition coefficient (Wildman–Crippen LogP) is 2.00. The summed E-state index contributed by atoms with van der Waals surface area (Å²) in [5.74, 6) is -0.370. The van der Waals surface area contributed by atoms with Gasteiger partial charge in [0.25, 0.3) is 0 Å². The van der Waals surface area contributed by atoms with Gasteiger partial charge in [-0.05, 0) is 44.9 Å². The first-order valence-electron chi connectivity index (χ1n) is 8.26. The van der Waals surface area contributed by atoms with Crippen LogP contribution in [0.4, 0.5) is 0 Å². The molecule has 0 atom stereocenters. The van der Waals surface area contributed by atoms with Crippen LogP contribution in [0.5, 0.6) is 0 Å². The fraction of sp³-hybridized carbons (Fsp3) is 0.875. The normalized spacial score (nSPS) is 29.1. The number of amides is 1. The third-order valence-corrected chi connectivity index (χ3v) is 5.34. The quantitative estimate of drug-likeness (QED) is 0.831. The zero-order chi connectivity index (χ0) is 15.5. The summed E-state index contributed by atoms with van der Waals surface area (Å²) >= 11 is 0. The summed E-state index contributed by atoms with van der Waals surface area (Å²) in [4.78, 5) is 26.0. The smallest absolute Gasteiger partial charge is 0.309 e. The third-order valence-electron chi connectivity index (χ3n) is 5.34. The van der Waals surface area contributed by atoms with Crippen molar-refractivity contribution in [2.24, 2.45) is 17.1 Å². The van der Waals surface area contributed by atoms with Crippen LogP contribution in [0.15, 0.2) is 0 Å². The molecule has 120 valence electrons. The number of piperidine rings is 1. The van der Waals surface area contributed by atoms with Crippen molar-refractivity contribution in [3.8, 4) is 0 Å². The molecule has 0 spiro atoms. The molecule has 5 heteroatoms. The standard InChI is InChI=1S/C16H28N2O3/c1-2-7-16(15(20)21)8-10-18(11-9-16)14(19)12-3-5-13(17)6-4-12/h12-13H,2-11,17H2,1H3,(H,20,21). The van der Waals surface area contributed by atoms with Gasteiger partial charge in [-0.2, -0.15) is 0 Å². The molecule has 1 heterocycles. The van der Waals surface area contributed by atoms with Gasteiger partial charge in [0.15, 0.2) is 0 Å². The summed E-state index contributed by atoms with van der Waals surface area (Å²) in [6.45, 7) is 3.20. The topological polar surface area (TPSA) is 83.6 Å². The van der Waals surface area contributed by atoms with Crippen LogP contribution in [0.2, 0.25) is 0 Å². The first-order valence-corrected chi connectivity index (χ1v) is 8.26. The fourth-order valence-electron chi connectivity index (χ4n) is 3.83. The van der Waals surface area contributed by atoms with Crippen molar-refractivity contribution in [1.29, 1.82) is 0 Å². The lowest BCUT2D eigenvalue weighted by atomic mass is 9.74. The number of hydrogen-bond acceptors (Lipinski definition) is 3. The Bertz CT molecular complexity index is 381. The van der Waals surface area contributed by atoms with Crippen LogP contribution >= 0.6 is 0 Å². The molecule has 3 N–H and O–H groups in total. The average molecular weight is 296 g/mol. The zero-order valence-corrected chi connectivity index (χ0v) is 13.0. The Balaban J connectivity index is 1.91. The van der Waals surface area contributed by atoms with Gasteiger partial charge in [-0.15, -0.1) is 0 Å². The highest BCUT2D eigenvalue weighted by Crippen LogP contribution is 2.37. The molecule has 1 saturated carbocycles. The molecule has 0 bridgehead atoms. The van der Waals surface area contributed by atoms with E-state index in [9.17, 15) is 14.7 Å². The average Bonchev–Trinajstić information content (AvgIpc) is 2.48. The van der Waals surface area contributed by atoms with Crippen molar-refractivity contribution >= 4 is 11.9 Å².